The highest BCUT2D eigenvalue weighted by molar-refractivity contribution is 5.99. The van der Waals surface area contributed by atoms with Gasteiger partial charge in [0.05, 0.1) is 31.3 Å². The van der Waals surface area contributed by atoms with Gasteiger partial charge in [-0.3, -0.25) is 38.4 Å². The first-order valence-electron chi connectivity index (χ1n) is 29.7. The molecule has 6 N–H and O–H groups in total. The van der Waals surface area contributed by atoms with Crippen molar-refractivity contribution in [1.82, 2.24) is 51.5 Å². The van der Waals surface area contributed by atoms with Crippen molar-refractivity contribution in [3.8, 4) is 11.5 Å². The van der Waals surface area contributed by atoms with Crippen molar-refractivity contribution in [2.45, 2.75) is 133 Å². The van der Waals surface area contributed by atoms with Gasteiger partial charge in [0.15, 0.2) is 0 Å². The van der Waals surface area contributed by atoms with E-state index in [9.17, 15) is 33.6 Å². The van der Waals surface area contributed by atoms with Crippen molar-refractivity contribution in [2.24, 2.45) is 23.7 Å². The fourth-order valence-electron chi connectivity index (χ4n) is 12.8. The lowest BCUT2D eigenvalue weighted by atomic mass is 9.79. The number of ether oxygens (including phenoxy) is 2. The third kappa shape index (κ3) is 13.9. The molecule has 0 aliphatic carbocycles. The molecule has 3 aromatic carbocycles. The van der Waals surface area contributed by atoms with Crippen molar-refractivity contribution in [3.05, 3.63) is 95.1 Å². The Labute approximate surface area is 481 Å². The number of carbonyl (C=O) groups is 8. The number of amides is 7. The van der Waals surface area contributed by atoms with E-state index in [1.165, 1.54) is 29.2 Å². The van der Waals surface area contributed by atoms with Crippen LogP contribution in [0.5, 0.6) is 11.5 Å². The van der Waals surface area contributed by atoms with E-state index in [0.29, 0.717) is 56.8 Å². The van der Waals surface area contributed by atoms with Crippen LogP contribution in [0.2, 0.25) is 0 Å². The summed E-state index contributed by atoms with van der Waals surface area (Å²) in [7, 11) is 5.78. The molecule has 20 nitrogen and oxygen atoms in total. The van der Waals surface area contributed by atoms with Crippen LogP contribution in [0, 0.1) is 23.7 Å². The molecule has 0 bridgehead atoms. The summed E-state index contributed by atoms with van der Waals surface area (Å²) in [6, 6.07) is 16.1. The second kappa shape index (κ2) is 27.0. The smallest absolute Gasteiger partial charge is 0.251 e. The lowest BCUT2D eigenvalue weighted by molar-refractivity contribution is -0.145. The largest absolute Gasteiger partial charge is 0.493 e. The number of hydrogen-bond donors (Lipinski definition) is 6. The monoisotopic (exact) mass is 1130 g/mol. The van der Waals surface area contributed by atoms with Crippen LogP contribution in [0.4, 0.5) is 0 Å². The molecule has 0 unspecified atom stereocenters. The van der Waals surface area contributed by atoms with E-state index in [1.807, 2.05) is 76.5 Å². The van der Waals surface area contributed by atoms with E-state index in [2.05, 4.69) is 41.7 Å². The van der Waals surface area contributed by atoms with Gasteiger partial charge < -0.3 is 61.0 Å². The number of likely N-dealkylation sites (N-methyl/N-ethyl adjacent to an activating group) is 1. The standard InChI is InChI=1S/C62H84N10O10/c1-7-37(2)56(74)68-55(40-22-28-70(6)29-23-40)62(80)72-36-44(33-51(72)60(78)67-49-25-31-82-54-15-11-9-13-46(49)54)65-58(76)42-18-16-41(17-19-42)57(75)64-43-32-50(59(77)66-48-24-30-81-53-14-10-8-12-45(48)53)71(35-43)61(79)47(34-52(73)38(3)63-4)39-20-26-69(5)27-21-39/h8-19,37-40,43-44,47-51,55,63H,7,20-36H2,1-6H3,(H,64,75)(H,65,76)(H,66,77)(H,67,78)(H,68,74)/t37-,38+,43+,44+,47+,48-,49-,50+,51+,55+/m1/s1. The minimum Gasteiger partial charge on any atom is -0.493 e. The third-order valence-electron chi connectivity index (χ3n) is 18.2. The van der Waals surface area contributed by atoms with Crippen molar-refractivity contribution < 1.29 is 47.8 Å². The molecule has 3 aromatic rings. The SMILES string of the molecule is CC[C@@H](C)C(=O)N[C@H](C(=O)N1C[C@@H](NC(=O)c2ccc(C(=O)N[C@H]3C[C@@H](C(=O)N[C@@H]4CCOc5ccccc54)N(C(=O)[C@@H](CC(=O)[C@H](C)NC)C4CCN(C)CC4)C3)cc2)C[C@H]1C(=O)N[C@@H]1CCOc2ccccc21)C1CCN(C)CC1. The van der Waals surface area contributed by atoms with Crippen LogP contribution >= 0.6 is 0 Å². The Bertz CT molecular complexity index is 2610. The maximum absolute atomic E-state index is 15.0. The highest BCUT2D eigenvalue weighted by Crippen LogP contribution is 2.36. The molecule has 442 valence electrons. The van der Waals surface area contributed by atoms with Crippen molar-refractivity contribution in [3.63, 3.8) is 0 Å². The van der Waals surface area contributed by atoms with Crippen LogP contribution in [0.1, 0.15) is 129 Å². The van der Waals surface area contributed by atoms with Crippen LogP contribution in [0.3, 0.4) is 0 Å². The molecule has 0 aromatic heterocycles. The number of para-hydroxylation sites is 2. The molecule has 6 aliphatic rings. The van der Waals surface area contributed by atoms with Gasteiger partial charge in [-0.2, -0.15) is 0 Å². The number of rotatable bonds is 19. The lowest BCUT2D eigenvalue weighted by Crippen LogP contribution is -2.58. The fraction of sp³-hybridized carbons (Fsp3) is 0.581. The number of ketones is 1. The second-order valence-corrected chi connectivity index (χ2v) is 23.7. The van der Waals surface area contributed by atoms with Crippen LogP contribution < -0.4 is 41.4 Å². The predicted molar refractivity (Wildman–Crippen MR) is 308 cm³/mol. The first-order chi connectivity index (χ1) is 39.5. The van der Waals surface area contributed by atoms with E-state index < -0.39 is 54.0 Å². The Morgan fingerprint density at radius 2 is 1.04 bits per heavy atom. The summed E-state index contributed by atoms with van der Waals surface area (Å²) in [6.45, 7) is 9.51. The van der Waals surface area contributed by atoms with E-state index in [4.69, 9.17) is 9.47 Å². The lowest BCUT2D eigenvalue weighted by Gasteiger charge is -2.37. The molecule has 20 heteroatoms. The van der Waals surface area contributed by atoms with Gasteiger partial charge in [0.1, 0.15) is 35.4 Å². The average Bonchev–Trinajstić information content (AvgIpc) is 4.30. The Morgan fingerprint density at radius 1 is 0.585 bits per heavy atom. The molecule has 10 atom stereocenters. The number of piperidine rings is 2. The summed E-state index contributed by atoms with van der Waals surface area (Å²) in [5, 5.41) is 18.7. The highest BCUT2D eigenvalue weighted by Gasteiger charge is 2.48. The average molecular weight is 1130 g/mol. The summed E-state index contributed by atoms with van der Waals surface area (Å²) >= 11 is 0. The van der Waals surface area contributed by atoms with Crippen molar-refractivity contribution in [2.75, 3.05) is 73.6 Å². The van der Waals surface area contributed by atoms with Crippen molar-refractivity contribution >= 4 is 47.1 Å². The summed E-state index contributed by atoms with van der Waals surface area (Å²) in [6.07, 6.45) is 4.79. The molecule has 6 heterocycles. The van der Waals surface area contributed by atoms with Crippen LogP contribution in [-0.4, -0.2) is 177 Å². The number of carbonyl (C=O) groups excluding carboxylic acids is 8. The molecule has 4 fully saturated rings. The molecule has 6 aliphatic heterocycles. The highest BCUT2D eigenvalue weighted by atomic mass is 16.5. The molecule has 9 rings (SSSR count). The molecule has 82 heavy (non-hydrogen) atoms. The minimum absolute atomic E-state index is 0.0284. The normalized spacial score (nSPS) is 24.7. The quantitative estimate of drug-likeness (QED) is 0.100. The first-order valence-corrected chi connectivity index (χ1v) is 29.7. The fourth-order valence-corrected chi connectivity index (χ4v) is 12.8. The Balaban J connectivity index is 0.901. The zero-order valence-corrected chi connectivity index (χ0v) is 48.5. The minimum atomic E-state index is -0.955. The van der Waals surface area contributed by atoms with Gasteiger partial charge in [-0.1, -0.05) is 50.2 Å². The van der Waals surface area contributed by atoms with Gasteiger partial charge in [-0.25, -0.2) is 0 Å². The van der Waals surface area contributed by atoms with Gasteiger partial charge in [0.2, 0.25) is 29.5 Å². The zero-order valence-electron chi connectivity index (χ0n) is 48.5. The number of benzene rings is 3. The van der Waals surface area contributed by atoms with E-state index in [-0.39, 0.29) is 109 Å². The number of hydrogen-bond acceptors (Lipinski definition) is 13. The second-order valence-electron chi connectivity index (χ2n) is 23.7. The van der Waals surface area contributed by atoms with Gasteiger partial charge in [-0.05, 0) is 147 Å². The molecular formula is C62H84N10O10. The van der Waals surface area contributed by atoms with Gasteiger partial charge in [0, 0.05) is 78.5 Å². The summed E-state index contributed by atoms with van der Waals surface area (Å²) in [5.74, 6) is -2.40. The number of fused-ring (bicyclic) bond motifs is 2. The summed E-state index contributed by atoms with van der Waals surface area (Å²) in [4.78, 5) is 122. The number of nitrogens with one attached hydrogen (secondary N) is 6. The Hall–Kier alpha value is -6.90. The van der Waals surface area contributed by atoms with Gasteiger partial charge in [0.25, 0.3) is 11.8 Å². The van der Waals surface area contributed by atoms with Crippen LogP contribution in [0.15, 0.2) is 72.8 Å². The van der Waals surface area contributed by atoms with E-state index in [0.717, 1.165) is 50.1 Å². The van der Waals surface area contributed by atoms with Gasteiger partial charge >= 0.3 is 0 Å². The molecule has 0 saturated carbocycles. The van der Waals surface area contributed by atoms with Crippen LogP contribution in [-0.2, 0) is 28.8 Å². The molecular weight excluding hydrogens is 1040 g/mol. The molecule has 4 saturated heterocycles. The van der Waals surface area contributed by atoms with Crippen molar-refractivity contribution in [1.29, 1.82) is 0 Å². The van der Waals surface area contributed by atoms with E-state index in [1.54, 1.807) is 18.9 Å². The first kappa shape index (κ1) is 59.7. The number of likely N-dealkylation sites (tertiary alicyclic amines) is 4. The molecule has 0 spiro atoms. The maximum atomic E-state index is 15.0. The predicted octanol–water partition coefficient (Wildman–Crippen LogP) is 3.76. The van der Waals surface area contributed by atoms with Crippen LogP contribution in [0.25, 0.3) is 0 Å². The number of nitrogens with zero attached hydrogens (tertiary/aromatic N) is 4. The Kier molecular flexibility index (Phi) is 19.7. The topological polar surface area (TPSA) is 240 Å². The van der Waals surface area contributed by atoms with E-state index >= 15 is 4.79 Å². The third-order valence-corrected chi connectivity index (χ3v) is 18.2. The Morgan fingerprint density at radius 3 is 1.50 bits per heavy atom. The molecule has 0 radical (unpaired) electrons. The summed E-state index contributed by atoms with van der Waals surface area (Å²) in [5.41, 5.74) is 2.18. The number of Topliss-reactive ketones (excluding diaryl/α,β-unsaturated/α-hetero) is 1. The van der Waals surface area contributed by atoms with Gasteiger partial charge in [-0.15, -0.1) is 0 Å². The zero-order chi connectivity index (χ0) is 58.2. The molecule has 7 amide bonds. The maximum Gasteiger partial charge on any atom is 0.251 e. The summed E-state index contributed by atoms with van der Waals surface area (Å²) < 4.78 is 11.7.